The van der Waals surface area contributed by atoms with Crippen LogP contribution in [0.25, 0.3) is 0 Å². The summed E-state index contributed by atoms with van der Waals surface area (Å²) >= 11 is 13.0. The van der Waals surface area contributed by atoms with E-state index in [0.717, 1.165) is 24.0 Å². The number of hydrogen-bond donors (Lipinski definition) is 1. The van der Waals surface area contributed by atoms with Crippen molar-refractivity contribution in [3.8, 4) is 0 Å². The summed E-state index contributed by atoms with van der Waals surface area (Å²) in [4.78, 5) is 12.6. The van der Waals surface area contributed by atoms with Gasteiger partial charge in [-0.15, -0.1) is 23.2 Å². The Kier molecular flexibility index (Phi) is 3.17. The maximum absolute atomic E-state index is 13.1. The summed E-state index contributed by atoms with van der Waals surface area (Å²) in [6.07, 6.45) is 0.415. The molecule has 2 fully saturated rings. The highest BCUT2D eigenvalue weighted by Gasteiger charge is 2.84. The smallest absolute Gasteiger partial charge is 0.282 e. The van der Waals surface area contributed by atoms with Gasteiger partial charge in [0.15, 0.2) is 0 Å². The van der Waals surface area contributed by atoms with Crippen LogP contribution >= 0.6 is 23.2 Å². The Labute approximate surface area is 158 Å². The molecular formula is C18H15Cl2F2N3O. The van der Waals surface area contributed by atoms with Gasteiger partial charge in [0, 0.05) is 30.3 Å². The Morgan fingerprint density at radius 3 is 2.88 bits per heavy atom. The van der Waals surface area contributed by atoms with Crippen LogP contribution in [0.4, 0.5) is 14.5 Å². The summed E-state index contributed by atoms with van der Waals surface area (Å²) in [7, 11) is 1.51. The van der Waals surface area contributed by atoms with E-state index in [4.69, 9.17) is 23.2 Å². The number of alkyl halides is 4. The predicted molar refractivity (Wildman–Crippen MR) is 94.1 cm³/mol. The number of anilines is 1. The van der Waals surface area contributed by atoms with Gasteiger partial charge in [-0.1, -0.05) is 12.1 Å². The molecule has 3 aliphatic carbocycles. The molecule has 1 N–H and O–H groups in total. The van der Waals surface area contributed by atoms with Gasteiger partial charge in [-0.05, 0) is 36.0 Å². The minimum absolute atomic E-state index is 0.115. The number of nitrogens with zero attached hydrogens (tertiary/aromatic N) is 2. The lowest BCUT2D eigenvalue weighted by Gasteiger charge is -2.29. The SMILES string of the molecule is Cn1cc(C(=O)Nc2cccc3c2[C@@H]2CC[C@]34C2C4(Cl)Cl)c(C(F)F)n1. The molecule has 0 spiro atoms. The molecule has 1 amide bonds. The molecule has 2 bridgehead atoms. The molecule has 1 unspecified atom stereocenters. The zero-order chi connectivity index (χ0) is 18.4. The molecule has 1 aromatic heterocycles. The number of rotatable bonds is 3. The van der Waals surface area contributed by atoms with E-state index in [1.807, 2.05) is 12.1 Å². The summed E-state index contributed by atoms with van der Waals surface area (Å²) < 4.78 is 26.8. The highest BCUT2D eigenvalue weighted by atomic mass is 35.5. The third-order valence-corrected chi connectivity index (χ3v) is 7.34. The first-order valence-corrected chi connectivity index (χ1v) is 9.19. The lowest BCUT2D eigenvalue weighted by atomic mass is 9.82. The molecule has 1 aromatic carbocycles. The highest BCUT2D eigenvalue weighted by Crippen LogP contribution is 2.85. The van der Waals surface area contributed by atoms with Gasteiger partial charge >= 0.3 is 0 Å². The minimum Gasteiger partial charge on any atom is -0.322 e. The van der Waals surface area contributed by atoms with Crippen molar-refractivity contribution in [1.82, 2.24) is 9.78 Å². The lowest BCUT2D eigenvalue weighted by molar-refractivity contribution is 0.101. The number of aromatic nitrogens is 2. The van der Waals surface area contributed by atoms with Gasteiger partial charge in [0.25, 0.3) is 12.3 Å². The Morgan fingerprint density at radius 1 is 1.42 bits per heavy atom. The second-order valence-electron chi connectivity index (χ2n) is 7.34. The van der Waals surface area contributed by atoms with E-state index in [-0.39, 0.29) is 22.8 Å². The van der Waals surface area contributed by atoms with Crippen LogP contribution < -0.4 is 5.32 Å². The number of fused-ring (bicyclic) bond motifs is 2. The van der Waals surface area contributed by atoms with Gasteiger partial charge in [-0.25, -0.2) is 8.78 Å². The number of hydrogen-bond acceptors (Lipinski definition) is 2. The summed E-state index contributed by atoms with van der Waals surface area (Å²) in [5, 5.41) is 6.50. The molecular weight excluding hydrogens is 383 g/mol. The number of aryl methyl sites for hydroxylation is 1. The van der Waals surface area contributed by atoms with Crippen molar-refractivity contribution in [2.45, 2.75) is 34.9 Å². The molecule has 0 saturated heterocycles. The molecule has 136 valence electrons. The molecule has 3 atom stereocenters. The molecule has 4 nitrogen and oxygen atoms in total. The van der Waals surface area contributed by atoms with E-state index in [1.54, 1.807) is 6.07 Å². The van der Waals surface area contributed by atoms with Crippen molar-refractivity contribution >= 4 is 34.8 Å². The molecule has 0 radical (unpaired) electrons. The van der Waals surface area contributed by atoms with Gasteiger partial charge in [0.2, 0.25) is 0 Å². The second kappa shape index (κ2) is 4.98. The van der Waals surface area contributed by atoms with Gasteiger partial charge in [0.05, 0.1) is 5.56 Å². The molecule has 26 heavy (non-hydrogen) atoms. The van der Waals surface area contributed by atoms with Crippen LogP contribution in [-0.4, -0.2) is 20.0 Å². The predicted octanol–water partition coefficient (Wildman–Crippen LogP) is 4.54. The van der Waals surface area contributed by atoms with E-state index < -0.39 is 22.4 Å². The van der Waals surface area contributed by atoms with Crippen molar-refractivity contribution < 1.29 is 13.6 Å². The Hall–Kier alpha value is -1.66. The maximum Gasteiger partial charge on any atom is 0.282 e. The molecule has 0 aliphatic heterocycles. The number of nitrogens with one attached hydrogen (secondary N) is 1. The van der Waals surface area contributed by atoms with Crippen molar-refractivity contribution in [3.05, 3.63) is 46.8 Å². The van der Waals surface area contributed by atoms with E-state index >= 15 is 0 Å². The third-order valence-electron chi connectivity index (χ3n) is 6.20. The molecule has 2 aromatic rings. The van der Waals surface area contributed by atoms with Gasteiger partial charge in [-0.2, -0.15) is 5.10 Å². The van der Waals surface area contributed by atoms with Gasteiger partial charge in [-0.3, -0.25) is 9.48 Å². The first-order chi connectivity index (χ1) is 12.3. The zero-order valence-electron chi connectivity index (χ0n) is 13.8. The fraction of sp³-hybridized carbons (Fsp3) is 0.444. The van der Waals surface area contributed by atoms with E-state index in [2.05, 4.69) is 10.4 Å². The fourth-order valence-corrected chi connectivity index (χ4v) is 6.44. The molecule has 3 aliphatic rings. The summed E-state index contributed by atoms with van der Waals surface area (Å²) in [5.74, 6) is -0.222. The van der Waals surface area contributed by atoms with Crippen LogP contribution in [0.2, 0.25) is 0 Å². The molecule has 5 rings (SSSR count). The highest BCUT2D eigenvalue weighted by molar-refractivity contribution is 6.53. The fourth-order valence-electron chi connectivity index (χ4n) is 5.24. The van der Waals surface area contributed by atoms with E-state index in [9.17, 15) is 13.6 Å². The number of halogens is 4. The maximum atomic E-state index is 13.1. The van der Waals surface area contributed by atoms with Crippen LogP contribution in [0.15, 0.2) is 24.4 Å². The molecule has 1 heterocycles. The monoisotopic (exact) mass is 397 g/mol. The molecule has 2 saturated carbocycles. The van der Waals surface area contributed by atoms with Crippen molar-refractivity contribution in [2.24, 2.45) is 13.0 Å². The first-order valence-electron chi connectivity index (χ1n) is 8.43. The van der Waals surface area contributed by atoms with Crippen LogP contribution in [0.1, 0.15) is 52.4 Å². The summed E-state index contributed by atoms with van der Waals surface area (Å²) in [6, 6.07) is 5.66. The van der Waals surface area contributed by atoms with Gasteiger partial charge < -0.3 is 5.32 Å². The van der Waals surface area contributed by atoms with Crippen LogP contribution in [0.5, 0.6) is 0 Å². The van der Waals surface area contributed by atoms with Crippen LogP contribution in [0, 0.1) is 5.92 Å². The van der Waals surface area contributed by atoms with Crippen molar-refractivity contribution in [2.75, 3.05) is 5.32 Å². The Balaban J connectivity index is 1.52. The van der Waals surface area contributed by atoms with Crippen molar-refractivity contribution in [3.63, 3.8) is 0 Å². The van der Waals surface area contributed by atoms with E-state index in [1.165, 1.54) is 17.9 Å². The zero-order valence-corrected chi connectivity index (χ0v) is 15.3. The lowest BCUT2D eigenvalue weighted by Crippen LogP contribution is -2.23. The number of amides is 1. The van der Waals surface area contributed by atoms with Crippen LogP contribution in [-0.2, 0) is 12.5 Å². The van der Waals surface area contributed by atoms with Crippen LogP contribution in [0.3, 0.4) is 0 Å². The van der Waals surface area contributed by atoms with Gasteiger partial charge in [0.1, 0.15) is 10.0 Å². The Morgan fingerprint density at radius 2 is 2.19 bits per heavy atom. The second-order valence-corrected chi connectivity index (χ2v) is 8.73. The number of carbonyl (C=O) groups excluding carboxylic acids is 1. The largest absolute Gasteiger partial charge is 0.322 e. The quantitative estimate of drug-likeness (QED) is 0.772. The average Bonchev–Trinajstić information content (AvgIpc) is 3.05. The minimum atomic E-state index is -2.81. The number of benzene rings is 1. The van der Waals surface area contributed by atoms with E-state index in [0.29, 0.717) is 5.69 Å². The third kappa shape index (κ3) is 1.79. The summed E-state index contributed by atoms with van der Waals surface area (Å²) in [6.45, 7) is 0. The number of carbonyl (C=O) groups is 1. The average molecular weight is 398 g/mol. The standard InChI is InChI=1S/C18H15Cl2F2N3O/c1-25-7-9(13(24-25)15(21)22)16(26)23-11-4-2-3-10-12(11)8-5-6-17(10)14(8)18(17,19)20/h2-4,7-8,14-15H,5-6H2,1H3,(H,23,26)/t8-,14?,17+/m0/s1. The van der Waals surface area contributed by atoms with Crippen molar-refractivity contribution in [1.29, 1.82) is 0 Å². The Bertz CT molecular complexity index is 958. The normalized spacial score (nSPS) is 29.6. The summed E-state index contributed by atoms with van der Waals surface area (Å²) in [5.41, 5.74) is 1.94. The molecule has 8 heteroatoms. The first kappa shape index (κ1) is 16.5. The topological polar surface area (TPSA) is 46.9 Å².